The molecule has 0 bridgehead atoms. The van der Waals surface area contributed by atoms with Crippen molar-refractivity contribution in [3.05, 3.63) is 89.5 Å². The summed E-state index contributed by atoms with van der Waals surface area (Å²) in [7, 11) is 0. The quantitative estimate of drug-likeness (QED) is 0.371. The summed E-state index contributed by atoms with van der Waals surface area (Å²) in [5.74, 6) is 0.584. The summed E-state index contributed by atoms with van der Waals surface area (Å²) < 4.78 is 5.78. The third kappa shape index (κ3) is 4.93. The molecule has 0 aliphatic carbocycles. The van der Waals surface area contributed by atoms with Crippen molar-refractivity contribution >= 4 is 40.4 Å². The maximum atomic E-state index is 13.1. The molecule has 1 fully saturated rings. The van der Waals surface area contributed by atoms with Crippen molar-refractivity contribution in [2.24, 2.45) is 0 Å². The van der Waals surface area contributed by atoms with Crippen LogP contribution in [0.5, 0.6) is 0 Å². The number of likely N-dealkylation sites (tertiary alicyclic amines) is 1. The first-order chi connectivity index (χ1) is 16.2. The van der Waals surface area contributed by atoms with E-state index in [4.69, 9.17) is 4.42 Å². The van der Waals surface area contributed by atoms with Crippen LogP contribution in [0, 0.1) is 0 Å². The molecule has 33 heavy (non-hydrogen) atoms. The molecule has 4 aromatic rings. The molecular formula is C26H23N3O3S. The van der Waals surface area contributed by atoms with Crippen LogP contribution in [0.25, 0.3) is 11.1 Å². The number of rotatable bonds is 7. The van der Waals surface area contributed by atoms with Crippen molar-refractivity contribution in [3.63, 3.8) is 0 Å². The molecule has 0 unspecified atom stereocenters. The first-order valence-corrected chi connectivity index (χ1v) is 11.9. The predicted molar refractivity (Wildman–Crippen MR) is 129 cm³/mol. The predicted octanol–water partition coefficient (Wildman–Crippen LogP) is 5.49. The SMILES string of the molecule is O=C(Nc1cccc(CN2CCCC2=O)c1)c1ccccc1CSc1nc2ccccc2o1. The van der Waals surface area contributed by atoms with E-state index < -0.39 is 0 Å². The molecule has 0 radical (unpaired) electrons. The van der Waals surface area contributed by atoms with Gasteiger partial charge in [-0.1, -0.05) is 54.2 Å². The van der Waals surface area contributed by atoms with Crippen molar-refractivity contribution in [1.29, 1.82) is 0 Å². The lowest BCUT2D eigenvalue weighted by Crippen LogP contribution is -2.23. The standard InChI is InChI=1S/C26H23N3O3S/c30-24-13-6-14-29(24)16-18-7-5-9-20(15-18)27-25(31)21-10-2-1-8-19(21)17-33-26-28-22-11-3-4-12-23(22)32-26/h1-5,7-12,15H,6,13-14,16-17H2,(H,27,31). The summed E-state index contributed by atoms with van der Waals surface area (Å²) in [6.45, 7) is 1.36. The van der Waals surface area contributed by atoms with Gasteiger partial charge in [-0.2, -0.15) is 0 Å². The zero-order valence-electron chi connectivity index (χ0n) is 18.0. The van der Waals surface area contributed by atoms with Crippen LogP contribution in [0.4, 0.5) is 5.69 Å². The number of carbonyl (C=O) groups excluding carboxylic acids is 2. The molecule has 1 aromatic heterocycles. The van der Waals surface area contributed by atoms with Gasteiger partial charge >= 0.3 is 0 Å². The van der Waals surface area contributed by atoms with Crippen LogP contribution in [0.15, 0.2) is 82.4 Å². The smallest absolute Gasteiger partial charge is 0.257 e. The fourth-order valence-electron chi connectivity index (χ4n) is 3.96. The zero-order chi connectivity index (χ0) is 22.6. The van der Waals surface area contributed by atoms with E-state index in [1.54, 1.807) is 0 Å². The maximum Gasteiger partial charge on any atom is 0.257 e. The molecule has 0 atom stereocenters. The molecule has 6 nitrogen and oxygen atoms in total. The number of thioether (sulfide) groups is 1. The van der Waals surface area contributed by atoms with Crippen LogP contribution in [-0.2, 0) is 17.1 Å². The van der Waals surface area contributed by atoms with Crippen molar-refractivity contribution in [2.45, 2.75) is 30.4 Å². The summed E-state index contributed by atoms with van der Waals surface area (Å²) in [4.78, 5) is 31.3. The molecule has 2 amide bonds. The van der Waals surface area contributed by atoms with Crippen LogP contribution in [0.1, 0.15) is 34.3 Å². The fraction of sp³-hybridized carbons (Fsp3) is 0.192. The van der Waals surface area contributed by atoms with Crippen molar-refractivity contribution in [2.75, 3.05) is 11.9 Å². The summed E-state index contributed by atoms with van der Waals surface area (Å²) in [6, 6.07) is 22.9. The Labute approximate surface area is 196 Å². The van der Waals surface area contributed by atoms with Gasteiger partial charge in [0.25, 0.3) is 11.1 Å². The molecule has 1 N–H and O–H groups in total. The highest BCUT2D eigenvalue weighted by Gasteiger charge is 2.20. The van der Waals surface area contributed by atoms with Gasteiger partial charge in [-0.15, -0.1) is 0 Å². The Morgan fingerprint density at radius 3 is 2.76 bits per heavy atom. The number of nitrogens with zero attached hydrogens (tertiary/aromatic N) is 2. The summed E-state index contributed by atoms with van der Waals surface area (Å²) in [5, 5.41) is 3.58. The number of nitrogens with one attached hydrogen (secondary N) is 1. The number of fused-ring (bicyclic) bond motifs is 1. The van der Waals surface area contributed by atoms with Gasteiger partial charge in [0.05, 0.1) is 0 Å². The molecule has 166 valence electrons. The summed E-state index contributed by atoms with van der Waals surface area (Å²) in [6.07, 6.45) is 1.53. The van der Waals surface area contributed by atoms with E-state index in [0.717, 1.165) is 35.2 Å². The summed E-state index contributed by atoms with van der Waals surface area (Å²) >= 11 is 1.46. The van der Waals surface area contributed by atoms with Crippen LogP contribution in [-0.4, -0.2) is 28.2 Å². The Balaban J connectivity index is 1.27. The van der Waals surface area contributed by atoms with E-state index in [1.165, 1.54) is 11.8 Å². The lowest BCUT2D eigenvalue weighted by molar-refractivity contribution is -0.128. The van der Waals surface area contributed by atoms with Gasteiger partial charge in [0.1, 0.15) is 5.52 Å². The third-order valence-electron chi connectivity index (χ3n) is 5.62. The van der Waals surface area contributed by atoms with Gasteiger partial charge in [-0.3, -0.25) is 9.59 Å². The molecular weight excluding hydrogens is 434 g/mol. The highest BCUT2D eigenvalue weighted by molar-refractivity contribution is 7.98. The van der Waals surface area contributed by atoms with Gasteiger partial charge in [-0.05, 0) is 47.9 Å². The van der Waals surface area contributed by atoms with Crippen LogP contribution >= 0.6 is 11.8 Å². The minimum atomic E-state index is -0.168. The van der Waals surface area contributed by atoms with E-state index in [2.05, 4.69) is 10.3 Å². The third-order valence-corrected chi connectivity index (χ3v) is 6.49. The lowest BCUT2D eigenvalue weighted by atomic mass is 10.1. The van der Waals surface area contributed by atoms with Gasteiger partial charge in [0, 0.05) is 36.5 Å². The second-order valence-electron chi connectivity index (χ2n) is 7.97. The monoisotopic (exact) mass is 457 g/mol. The summed E-state index contributed by atoms with van der Waals surface area (Å²) in [5.41, 5.74) is 4.80. The number of para-hydroxylation sites is 2. The minimum absolute atomic E-state index is 0.168. The van der Waals surface area contributed by atoms with E-state index >= 15 is 0 Å². The molecule has 2 heterocycles. The van der Waals surface area contributed by atoms with Crippen LogP contribution in [0.3, 0.4) is 0 Å². The van der Waals surface area contributed by atoms with E-state index in [-0.39, 0.29) is 11.8 Å². The zero-order valence-corrected chi connectivity index (χ0v) is 18.8. The van der Waals surface area contributed by atoms with Crippen LogP contribution in [0.2, 0.25) is 0 Å². The molecule has 5 rings (SSSR count). The molecule has 0 spiro atoms. The number of anilines is 1. The number of hydrogen-bond donors (Lipinski definition) is 1. The van der Waals surface area contributed by atoms with Crippen molar-refractivity contribution < 1.29 is 14.0 Å². The van der Waals surface area contributed by atoms with Gasteiger partial charge in [0.15, 0.2) is 5.58 Å². The lowest BCUT2D eigenvalue weighted by Gasteiger charge is -2.16. The number of carbonyl (C=O) groups is 2. The number of hydrogen-bond acceptors (Lipinski definition) is 5. The normalized spacial score (nSPS) is 13.6. The van der Waals surface area contributed by atoms with E-state index in [1.807, 2.05) is 77.7 Å². The number of oxazole rings is 1. The van der Waals surface area contributed by atoms with Gasteiger partial charge < -0.3 is 14.6 Å². The fourth-order valence-corrected chi connectivity index (χ4v) is 4.80. The topological polar surface area (TPSA) is 75.4 Å². The van der Waals surface area contributed by atoms with Crippen molar-refractivity contribution in [1.82, 2.24) is 9.88 Å². The average Bonchev–Trinajstić information content (AvgIpc) is 3.43. The Hall–Kier alpha value is -3.58. The largest absolute Gasteiger partial charge is 0.431 e. The molecule has 1 aliphatic heterocycles. The Morgan fingerprint density at radius 2 is 1.91 bits per heavy atom. The van der Waals surface area contributed by atoms with E-state index in [9.17, 15) is 9.59 Å². The Morgan fingerprint density at radius 1 is 1.06 bits per heavy atom. The molecule has 7 heteroatoms. The van der Waals surface area contributed by atoms with Gasteiger partial charge in [0.2, 0.25) is 5.91 Å². The van der Waals surface area contributed by atoms with E-state index in [0.29, 0.717) is 35.2 Å². The minimum Gasteiger partial charge on any atom is -0.431 e. The first-order valence-electron chi connectivity index (χ1n) is 10.9. The molecule has 1 saturated heterocycles. The number of benzene rings is 3. The molecule has 0 saturated carbocycles. The molecule has 3 aromatic carbocycles. The first kappa shape index (κ1) is 21.3. The second kappa shape index (κ2) is 9.50. The highest BCUT2D eigenvalue weighted by Crippen LogP contribution is 2.27. The number of amides is 2. The molecule has 1 aliphatic rings. The van der Waals surface area contributed by atoms with Crippen molar-refractivity contribution in [3.8, 4) is 0 Å². The highest BCUT2D eigenvalue weighted by atomic mass is 32.2. The van der Waals surface area contributed by atoms with Crippen LogP contribution < -0.4 is 5.32 Å². The Bertz CT molecular complexity index is 1280. The maximum absolute atomic E-state index is 13.1. The second-order valence-corrected chi connectivity index (χ2v) is 8.89. The van der Waals surface area contributed by atoms with Gasteiger partial charge in [-0.25, -0.2) is 4.98 Å². The number of aromatic nitrogens is 1. The Kier molecular flexibility index (Phi) is 6.13. The average molecular weight is 458 g/mol.